The number of fused-ring (bicyclic) bond motifs is 3. The maximum absolute atomic E-state index is 12.5. The summed E-state index contributed by atoms with van der Waals surface area (Å²) >= 11 is 3.37. The van der Waals surface area contributed by atoms with Gasteiger partial charge in [0.1, 0.15) is 5.75 Å². The number of aliphatic imine (C=N–C) groups is 1. The topological polar surface area (TPSA) is 64.9 Å². The second-order valence-electron chi connectivity index (χ2n) is 11.3. The highest BCUT2D eigenvalue weighted by Gasteiger charge is 2.30. The van der Waals surface area contributed by atoms with Gasteiger partial charge in [-0.1, -0.05) is 53.7 Å². The molecule has 2 aliphatic rings. The largest absolute Gasteiger partial charge is 0.507 e. The number of nitrogens with zero attached hydrogens (tertiary/aromatic N) is 2. The Balaban J connectivity index is 1.28. The first-order valence-electron chi connectivity index (χ1n) is 12.3. The van der Waals surface area contributed by atoms with Gasteiger partial charge in [0.2, 0.25) is 5.91 Å². The number of amides is 1. The molecule has 188 valence electrons. The highest BCUT2D eigenvalue weighted by Crippen LogP contribution is 2.43. The van der Waals surface area contributed by atoms with Crippen LogP contribution in [0.2, 0.25) is 0 Å². The van der Waals surface area contributed by atoms with Gasteiger partial charge in [-0.25, -0.2) is 0 Å². The lowest BCUT2D eigenvalue weighted by atomic mass is 9.78. The summed E-state index contributed by atoms with van der Waals surface area (Å²) in [4.78, 5) is 20.5. The molecule has 0 aromatic heterocycles. The summed E-state index contributed by atoms with van der Waals surface area (Å²) in [6, 6.07) is 10.4. The molecule has 4 rings (SSSR count). The quantitative estimate of drug-likeness (QED) is 0.412. The molecule has 0 radical (unpaired) electrons. The van der Waals surface area contributed by atoms with Crippen molar-refractivity contribution >= 4 is 46.0 Å². The van der Waals surface area contributed by atoms with Gasteiger partial charge in [0, 0.05) is 17.1 Å². The monoisotopic (exact) mass is 511 g/mol. The van der Waals surface area contributed by atoms with Gasteiger partial charge >= 0.3 is 0 Å². The fraction of sp³-hybridized carbons (Fsp3) is 0.500. The number of phenolic OH excluding ortho intramolecular Hbond substituents is 1. The van der Waals surface area contributed by atoms with E-state index < -0.39 is 0 Å². The van der Waals surface area contributed by atoms with Crippen LogP contribution in [0.15, 0.2) is 40.2 Å². The van der Waals surface area contributed by atoms with E-state index in [1.807, 2.05) is 6.07 Å². The molecule has 0 bridgehead atoms. The number of amidine groups is 1. The summed E-state index contributed by atoms with van der Waals surface area (Å²) in [5, 5.41) is 15.0. The molecule has 0 saturated heterocycles. The maximum Gasteiger partial charge on any atom is 0.234 e. The molecule has 0 saturated carbocycles. The Morgan fingerprint density at radius 2 is 1.80 bits per heavy atom. The number of nitrogens with one attached hydrogen (secondary N) is 1. The number of thioether (sulfide) groups is 2. The van der Waals surface area contributed by atoms with Crippen molar-refractivity contribution in [1.29, 1.82) is 0 Å². The average Bonchev–Trinajstić information content (AvgIpc) is 3.34. The van der Waals surface area contributed by atoms with Crippen LogP contribution in [0.4, 0.5) is 11.4 Å². The van der Waals surface area contributed by atoms with E-state index >= 15 is 0 Å². The zero-order chi connectivity index (χ0) is 25.4. The van der Waals surface area contributed by atoms with Gasteiger partial charge < -0.3 is 15.3 Å². The predicted molar refractivity (Wildman–Crippen MR) is 152 cm³/mol. The van der Waals surface area contributed by atoms with Crippen molar-refractivity contribution in [3.05, 3.63) is 47.0 Å². The van der Waals surface area contributed by atoms with Gasteiger partial charge in [0.05, 0.1) is 18.0 Å². The lowest BCUT2D eigenvalue weighted by Gasteiger charge is -2.28. The molecule has 1 amide bonds. The van der Waals surface area contributed by atoms with Crippen LogP contribution < -0.4 is 10.2 Å². The first-order chi connectivity index (χ1) is 16.4. The van der Waals surface area contributed by atoms with E-state index in [-0.39, 0.29) is 16.7 Å². The Morgan fingerprint density at radius 3 is 2.46 bits per heavy atom. The van der Waals surface area contributed by atoms with Crippen molar-refractivity contribution in [2.24, 2.45) is 4.99 Å². The fourth-order valence-electron chi connectivity index (χ4n) is 4.45. The minimum absolute atomic E-state index is 0.0329. The van der Waals surface area contributed by atoms with Crippen LogP contribution in [-0.2, 0) is 22.0 Å². The number of phenols is 1. The summed E-state index contributed by atoms with van der Waals surface area (Å²) in [6.07, 6.45) is 1.92. The van der Waals surface area contributed by atoms with Gasteiger partial charge in [0.15, 0.2) is 5.17 Å². The van der Waals surface area contributed by atoms with Crippen LogP contribution in [0.25, 0.3) is 0 Å². The molecular formula is C28H37N3O2S2. The third kappa shape index (κ3) is 6.00. The Labute approximate surface area is 218 Å². The second kappa shape index (κ2) is 10.1. The molecule has 2 aromatic carbocycles. The van der Waals surface area contributed by atoms with E-state index in [1.165, 1.54) is 10.5 Å². The second-order valence-corrected chi connectivity index (χ2v) is 13.5. The van der Waals surface area contributed by atoms with Crippen LogP contribution in [0, 0.1) is 0 Å². The normalized spacial score (nSPS) is 15.1. The number of benzene rings is 2. The number of carbonyl (C=O) groups is 1. The van der Waals surface area contributed by atoms with Crippen molar-refractivity contribution < 1.29 is 9.90 Å². The van der Waals surface area contributed by atoms with Gasteiger partial charge in [-0.05, 0) is 76.1 Å². The number of carbonyl (C=O) groups excluding carboxylic acids is 1. The predicted octanol–water partition coefficient (Wildman–Crippen LogP) is 6.57. The molecule has 5 nitrogen and oxygen atoms in total. The lowest BCUT2D eigenvalue weighted by Crippen LogP contribution is -2.21. The number of aromatic hydroxyl groups is 1. The van der Waals surface area contributed by atoms with E-state index in [0.29, 0.717) is 11.5 Å². The summed E-state index contributed by atoms with van der Waals surface area (Å²) in [7, 11) is 0. The van der Waals surface area contributed by atoms with Crippen molar-refractivity contribution in [1.82, 2.24) is 0 Å². The molecule has 0 fully saturated rings. The number of aryl methyl sites for hydroxylation is 1. The molecule has 2 aromatic rings. The maximum atomic E-state index is 12.5. The van der Waals surface area contributed by atoms with Crippen molar-refractivity contribution in [2.45, 2.75) is 70.1 Å². The van der Waals surface area contributed by atoms with Crippen LogP contribution in [0.5, 0.6) is 5.75 Å². The Morgan fingerprint density at radius 1 is 1.11 bits per heavy atom. The molecule has 0 atom stereocenters. The van der Waals surface area contributed by atoms with E-state index in [1.54, 1.807) is 23.5 Å². The van der Waals surface area contributed by atoms with Crippen LogP contribution in [0.1, 0.15) is 64.7 Å². The number of hydrogen-bond donors (Lipinski definition) is 2. The molecule has 7 heteroatoms. The number of rotatable bonds is 7. The van der Waals surface area contributed by atoms with Gasteiger partial charge in [-0.2, -0.15) is 11.8 Å². The number of hydrogen-bond acceptors (Lipinski definition) is 6. The van der Waals surface area contributed by atoms with E-state index in [9.17, 15) is 9.90 Å². The standard InChI is InChI=1S/C28H37N3O2S2/c1-27(2,3)20-14-18(15-21(25(20)33)28(4,5)6)8-7-13-34-17-24(32)30-19-9-10-23-22(16-19)31-12-11-29-26(31)35-23/h9-10,14-16,33H,7-8,11-13,17H2,1-6H3,(H,30,32). The minimum atomic E-state index is -0.119. The van der Waals surface area contributed by atoms with Gasteiger partial charge in [-0.3, -0.25) is 9.79 Å². The SMILES string of the molecule is CC(C)(C)c1cc(CCCSCC(=O)Nc2ccc3c(c2)N2CCN=C2S3)cc(C(C)(C)C)c1O. The van der Waals surface area contributed by atoms with Gasteiger partial charge in [-0.15, -0.1) is 0 Å². The summed E-state index contributed by atoms with van der Waals surface area (Å²) in [6.45, 7) is 14.6. The molecule has 2 heterocycles. The summed E-state index contributed by atoms with van der Waals surface area (Å²) < 4.78 is 0. The first kappa shape index (κ1) is 26.0. The molecule has 2 aliphatic heterocycles. The molecule has 35 heavy (non-hydrogen) atoms. The average molecular weight is 512 g/mol. The van der Waals surface area contributed by atoms with Crippen LogP contribution >= 0.6 is 23.5 Å². The Bertz CT molecular complexity index is 1110. The zero-order valence-corrected chi connectivity index (χ0v) is 23.3. The van der Waals surface area contributed by atoms with E-state index in [2.05, 4.69) is 81.0 Å². The Hall–Kier alpha value is -2.12. The molecule has 0 unspecified atom stereocenters. The molecule has 0 aliphatic carbocycles. The van der Waals surface area contributed by atoms with Crippen molar-refractivity contribution in [2.75, 3.05) is 34.8 Å². The smallest absolute Gasteiger partial charge is 0.234 e. The zero-order valence-electron chi connectivity index (χ0n) is 21.7. The van der Waals surface area contributed by atoms with E-state index in [0.717, 1.165) is 59.4 Å². The fourth-order valence-corrected chi connectivity index (χ4v) is 6.26. The molecule has 2 N–H and O–H groups in total. The van der Waals surface area contributed by atoms with Crippen LogP contribution in [-0.4, -0.2) is 40.8 Å². The van der Waals surface area contributed by atoms with Crippen molar-refractivity contribution in [3.8, 4) is 5.75 Å². The third-order valence-electron chi connectivity index (χ3n) is 6.31. The van der Waals surface area contributed by atoms with Crippen molar-refractivity contribution in [3.63, 3.8) is 0 Å². The summed E-state index contributed by atoms with van der Waals surface area (Å²) in [5.41, 5.74) is 5.02. The third-order valence-corrected chi connectivity index (χ3v) is 8.45. The first-order valence-corrected chi connectivity index (χ1v) is 14.3. The molecule has 0 spiro atoms. The molecular weight excluding hydrogens is 474 g/mol. The van der Waals surface area contributed by atoms with Crippen LogP contribution in [0.3, 0.4) is 0 Å². The highest BCUT2D eigenvalue weighted by atomic mass is 32.2. The number of anilines is 2. The minimum Gasteiger partial charge on any atom is -0.507 e. The Kier molecular flexibility index (Phi) is 7.49. The van der Waals surface area contributed by atoms with E-state index in [4.69, 9.17) is 0 Å². The lowest BCUT2D eigenvalue weighted by molar-refractivity contribution is -0.113. The summed E-state index contributed by atoms with van der Waals surface area (Å²) in [5.74, 6) is 1.82. The highest BCUT2D eigenvalue weighted by molar-refractivity contribution is 8.14. The van der Waals surface area contributed by atoms with Gasteiger partial charge in [0.25, 0.3) is 0 Å².